The Hall–Kier alpha value is -1.69. The van der Waals surface area contributed by atoms with Gasteiger partial charge in [0.1, 0.15) is 0 Å². The van der Waals surface area contributed by atoms with Crippen molar-refractivity contribution in [2.45, 2.75) is 0 Å². The zero-order chi connectivity index (χ0) is 11.4. The first-order valence-electron chi connectivity index (χ1n) is 3.85. The van der Waals surface area contributed by atoms with E-state index in [9.17, 15) is 14.9 Å². The van der Waals surface area contributed by atoms with Gasteiger partial charge in [-0.3, -0.25) is 10.1 Å². The Bertz CT molecular complexity index is 442. The second-order valence-electron chi connectivity index (χ2n) is 2.63. The minimum atomic E-state index is -1.15. The van der Waals surface area contributed by atoms with Crippen LogP contribution < -0.4 is 0 Å². The highest BCUT2D eigenvalue weighted by Gasteiger charge is 2.11. The summed E-state index contributed by atoms with van der Waals surface area (Å²) in [6.45, 7) is 0. The second kappa shape index (κ2) is 4.70. The van der Waals surface area contributed by atoms with Crippen LogP contribution in [0.3, 0.4) is 0 Å². The Morgan fingerprint density at radius 1 is 1.53 bits per heavy atom. The number of hydrogen-bond acceptors (Lipinski definition) is 3. The zero-order valence-electron chi connectivity index (χ0n) is 7.38. The van der Waals surface area contributed by atoms with E-state index < -0.39 is 10.9 Å². The molecule has 0 aliphatic heterocycles. The lowest BCUT2D eigenvalue weighted by Gasteiger charge is -1.97. The number of carboxylic acid groups (broad SMARTS) is 1. The third-order valence-corrected chi connectivity index (χ3v) is 2.09. The number of hydrogen-bond donors (Lipinski definition) is 1. The molecule has 1 aromatic rings. The Labute approximate surface area is 93.3 Å². The molecule has 0 spiro atoms. The highest BCUT2D eigenvalue weighted by Crippen LogP contribution is 2.24. The Morgan fingerprint density at radius 2 is 2.20 bits per heavy atom. The first kappa shape index (κ1) is 11.4. The molecule has 0 heterocycles. The molecule has 0 aliphatic carbocycles. The normalized spacial score (nSPS) is 10.5. The van der Waals surface area contributed by atoms with Crippen molar-refractivity contribution in [3.05, 3.63) is 44.4 Å². The number of nitrogens with zero attached hydrogens (tertiary/aromatic N) is 1. The number of rotatable bonds is 3. The first-order chi connectivity index (χ1) is 7.00. The first-order valence-corrected chi connectivity index (χ1v) is 4.65. The fourth-order valence-electron chi connectivity index (χ4n) is 0.977. The van der Waals surface area contributed by atoms with Crippen molar-refractivity contribution in [1.29, 1.82) is 0 Å². The van der Waals surface area contributed by atoms with E-state index in [0.29, 0.717) is 4.47 Å². The van der Waals surface area contributed by atoms with Crippen molar-refractivity contribution >= 4 is 33.7 Å². The van der Waals surface area contributed by atoms with Gasteiger partial charge in [0, 0.05) is 16.6 Å². The number of benzene rings is 1. The third-order valence-electron chi connectivity index (χ3n) is 1.59. The second-order valence-corrected chi connectivity index (χ2v) is 3.55. The molecule has 1 N–H and O–H groups in total. The number of halogens is 1. The van der Waals surface area contributed by atoms with Gasteiger partial charge in [0.05, 0.1) is 10.5 Å². The van der Waals surface area contributed by atoms with E-state index >= 15 is 0 Å². The molecule has 6 heteroatoms. The maximum absolute atomic E-state index is 10.6. The molecule has 0 saturated carbocycles. The number of carbonyl (C=O) groups is 1. The number of aliphatic carboxylic acids is 1. The lowest BCUT2D eigenvalue weighted by molar-refractivity contribution is -0.385. The van der Waals surface area contributed by atoms with Crippen LogP contribution in [-0.4, -0.2) is 16.0 Å². The van der Waals surface area contributed by atoms with Crippen molar-refractivity contribution < 1.29 is 14.8 Å². The fraction of sp³-hybridized carbons (Fsp3) is 0. The molecule has 0 bridgehead atoms. The van der Waals surface area contributed by atoms with Crippen LogP contribution in [0.15, 0.2) is 28.7 Å². The van der Waals surface area contributed by atoms with Crippen molar-refractivity contribution in [2.75, 3.05) is 0 Å². The fourth-order valence-corrected chi connectivity index (χ4v) is 1.33. The van der Waals surface area contributed by atoms with Gasteiger partial charge in [0.15, 0.2) is 0 Å². The van der Waals surface area contributed by atoms with E-state index in [1.54, 1.807) is 6.07 Å². The molecule has 0 amide bonds. The predicted molar refractivity (Wildman–Crippen MR) is 57.5 cm³/mol. The summed E-state index contributed by atoms with van der Waals surface area (Å²) >= 11 is 3.10. The van der Waals surface area contributed by atoms with Crippen molar-refractivity contribution in [1.82, 2.24) is 0 Å². The maximum Gasteiger partial charge on any atom is 0.328 e. The van der Waals surface area contributed by atoms with Gasteiger partial charge in [-0.05, 0) is 18.2 Å². The molecule has 0 radical (unpaired) electrons. The quantitative estimate of drug-likeness (QED) is 0.520. The molecule has 1 rings (SSSR count). The summed E-state index contributed by atoms with van der Waals surface area (Å²) in [5.74, 6) is -1.15. The van der Waals surface area contributed by atoms with Crippen LogP contribution in [-0.2, 0) is 4.79 Å². The van der Waals surface area contributed by atoms with Crippen LogP contribution in [0.1, 0.15) is 5.56 Å². The molecule has 5 nitrogen and oxygen atoms in total. The van der Waals surface area contributed by atoms with Crippen LogP contribution in [0.4, 0.5) is 5.69 Å². The summed E-state index contributed by atoms with van der Waals surface area (Å²) in [5.41, 5.74) is 0.118. The van der Waals surface area contributed by atoms with E-state index in [4.69, 9.17) is 5.11 Å². The highest BCUT2D eigenvalue weighted by molar-refractivity contribution is 9.10. The minimum Gasteiger partial charge on any atom is -0.478 e. The minimum absolute atomic E-state index is 0.137. The lowest BCUT2D eigenvalue weighted by Crippen LogP contribution is -1.92. The Balaban J connectivity index is 3.17. The van der Waals surface area contributed by atoms with Gasteiger partial charge < -0.3 is 5.11 Å². The van der Waals surface area contributed by atoms with Gasteiger partial charge >= 0.3 is 5.97 Å². The molecule has 1 aromatic carbocycles. The highest BCUT2D eigenvalue weighted by atomic mass is 79.9. The largest absolute Gasteiger partial charge is 0.478 e. The molecule has 78 valence electrons. The maximum atomic E-state index is 10.6. The van der Waals surface area contributed by atoms with Gasteiger partial charge in [0.25, 0.3) is 5.69 Å². The molecule has 0 unspecified atom stereocenters. The Kier molecular flexibility index (Phi) is 3.56. The third kappa shape index (κ3) is 3.17. The summed E-state index contributed by atoms with van der Waals surface area (Å²) in [6.07, 6.45) is 2.04. The zero-order valence-corrected chi connectivity index (χ0v) is 8.97. The standard InChI is InChI=1S/C9H6BrNO4/c10-7-3-1-6(2-4-9(12)13)8(5-7)11(14)15/h1-5H,(H,12,13). The van der Waals surface area contributed by atoms with Crippen LogP contribution in [0.5, 0.6) is 0 Å². The van der Waals surface area contributed by atoms with Crippen molar-refractivity contribution in [3.63, 3.8) is 0 Å². The monoisotopic (exact) mass is 271 g/mol. The summed E-state index contributed by atoms with van der Waals surface area (Å²) in [6, 6.07) is 4.40. The van der Waals surface area contributed by atoms with Crippen LogP contribution in [0.2, 0.25) is 0 Å². The van der Waals surface area contributed by atoms with E-state index in [1.165, 1.54) is 18.2 Å². The average Bonchev–Trinajstić information content (AvgIpc) is 2.15. The van der Waals surface area contributed by atoms with Crippen molar-refractivity contribution in [2.24, 2.45) is 0 Å². The molecule has 15 heavy (non-hydrogen) atoms. The molecule has 0 fully saturated rings. The summed E-state index contributed by atoms with van der Waals surface area (Å²) in [5, 5.41) is 19.0. The molecule has 0 saturated heterocycles. The molecule has 0 aromatic heterocycles. The van der Waals surface area contributed by atoms with Gasteiger partial charge in [-0.1, -0.05) is 15.9 Å². The smallest absolute Gasteiger partial charge is 0.328 e. The molecular formula is C9H6BrNO4. The topological polar surface area (TPSA) is 80.4 Å². The molecule has 0 aliphatic rings. The van der Waals surface area contributed by atoms with Crippen LogP contribution in [0.25, 0.3) is 6.08 Å². The number of nitro groups is 1. The van der Waals surface area contributed by atoms with Crippen molar-refractivity contribution in [3.8, 4) is 0 Å². The number of nitro benzene ring substituents is 1. The van der Waals surface area contributed by atoms with Gasteiger partial charge in [-0.25, -0.2) is 4.79 Å². The summed E-state index contributed by atoms with van der Waals surface area (Å²) in [7, 11) is 0. The average molecular weight is 272 g/mol. The van der Waals surface area contributed by atoms with Gasteiger partial charge in [0.2, 0.25) is 0 Å². The van der Waals surface area contributed by atoms with Crippen LogP contribution in [0, 0.1) is 10.1 Å². The lowest BCUT2D eigenvalue weighted by atomic mass is 10.1. The SMILES string of the molecule is O=C(O)C=Cc1ccc(Br)cc1[N+](=O)[O-]. The molecule has 0 atom stereocenters. The van der Waals surface area contributed by atoms with E-state index in [-0.39, 0.29) is 11.3 Å². The van der Waals surface area contributed by atoms with E-state index in [2.05, 4.69) is 15.9 Å². The summed E-state index contributed by atoms with van der Waals surface area (Å²) < 4.78 is 0.571. The van der Waals surface area contributed by atoms with E-state index in [1.807, 2.05) is 0 Å². The van der Waals surface area contributed by atoms with Gasteiger partial charge in [-0.2, -0.15) is 0 Å². The van der Waals surface area contributed by atoms with Crippen LogP contribution >= 0.6 is 15.9 Å². The summed E-state index contributed by atoms with van der Waals surface area (Å²) in [4.78, 5) is 20.3. The van der Waals surface area contributed by atoms with Gasteiger partial charge in [-0.15, -0.1) is 0 Å². The molecular weight excluding hydrogens is 266 g/mol. The Morgan fingerprint density at radius 3 is 2.73 bits per heavy atom. The predicted octanol–water partition coefficient (Wildman–Crippen LogP) is 2.46. The van der Waals surface area contributed by atoms with E-state index in [0.717, 1.165) is 6.08 Å². The number of carboxylic acids is 1.